The Kier molecular flexibility index (Phi) is 3.62. The van der Waals surface area contributed by atoms with Crippen molar-refractivity contribution in [2.75, 3.05) is 14.2 Å². The van der Waals surface area contributed by atoms with Gasteiger partial charge in [-0.3, -0.25) is 4.79 Å². The summed E-state index contributed by atoms with van der Waals surface area (Å²) < 4.78 is 9.54. The molecule has 0 spiro atoms. The van der Waals surface area contributed by atoms with E-state index in [1.807, 2.05) is 6.92 Å². The minimum atomic E-state index is -0.799. The van der Waals surface area contributed by atoms with Crippen LogP contribution in [0.4, 0.5) is 0 Å². The van der Waals surface area contributed by atoms with Crippen LogP contribution in [0.25, 0.3) is 0 Å². The molecule has 5 heteroatoms. The fourth-order valence-electron chi connectivity index (χ4n) is 1.23. The molecule has 2 N–H and O–H groups in total. The van der Waals surface area contributed by atoms with E-state index in [0.717, 1.165) is 5.56 Å². The molecule has 0 radical (unpaired) electrons. The summed E-state index contributed by atoms with van der Waals surface area (Å²) >= 11 is 0. The fraction of sp³-hybridized carbons (Fsp3) is 0.400. The minimum absolute atomic E-state index is 0.485. The van der Waals surface area contributed by atoms with Crippen LogP contribution >= 0.6 is 0 Å². The van der Waals surface area contributed by atoms with Crippen LogP contribution in [-0.2, 0) is 9.53 Å². The minimum Gasteiger partial charge on any atom is -0.481 e. The number of ether oxygens (including phenoxy) is 2. The lowest BCUT2D eigenvalue weighted by Crippen LogP contribution is -2.22. The number of hydrogen-bond acceptors (Lipinski definition) is 5. The predicted molar refractivity (Wildman–Crippen MR) is 54.5 cm³/mol. The van der Waals surface area contributed by atoms with E-state index in [0.29, 0.717) is 11.4 Å². The number of carbonyl (C=O) groups excluding carboxylic acids is 1. The molecule has 1 atom stereocenters. The first-order valence-corrected chi connectivity index (χ1v) is 4.44. The molecule has 0 aliphatic heterocycles. The summed E-state index contributed by atoms with van der Waals surface area (Å²) in [6.45, 7) is 1.83. The van der Waals surface area contributed by atoms with E-state index in [2.05, 4.69) is 9.72 Å². The maximum absolute atomic E-state index is 11.2. The number of carbonyl (C=O) groups is 1. The normalized spacial score (nSPS) is 12.0. The Hall–Kier alpha value is -1.62. The zero-order valence-electron chi connectivity index (χ0n) is 8.98. The van der Waals surface area contributed by atoms with Crippen LogP contribution < -0.4 is 10.5 Å². The number of aromatic nitrogens is 1. The van der Waals surface area contributed by atoms with Gasteiger partial charge >= 0.3 is 5.97 Å². The number of rotatable bonds is 3. The first-order valence-electron chi connectivity index (χ1n) is 4.44. The van der Waals surface area contributed by atoms with Gasteiger partial charge in [0.1, 0.15) is 6.04 Å². The van der Waals surface area contributed by atoms with Crippen molar-refractivity contribution < 1.29 is 14.3 Å². The van der Waals surface area contributed by atoms with Crippen molar-refractivity contribution in [1.29, 1.82) is 0 Å². The van der Waals surface area contributed by atoms with Crippen LogP contribution in [0.2, 0.25) is 0 Å². The van der Waals surface area contributed by atoms with Gasteiger partial charge in [-0.1, -0.05) is 0 Å². The van der Waals surface area contributed by atoms with E-state index in [1.54, 1.807) is 6.07 Å². The van der Waals surface area contributed by atoms with Crippen LogP contribution in [0.15, 0.2) is 12.3 Å². The highest BCUT2D eigenvalue weighted by molar-refractivity contribution is 5.77. The van der Waals surface area contributed by atoms with Gasteiger partial charge in [-0.05, 0) is 18.6 Å². The van der Waals surface area contributed by atoms with Gasteiger partial charge in [-0.2, -0.15) is 0 Å². The first-order chi connectivity index (χ1) is 7.10. The van der Waals surface area contributed by atoms with Gasteiger partial charge in [-0.15, -0.1) is 0 Å². The van der Waals surface area contributed by atoms with Gasteiger partial charge in [-0.25, -0.2) is 4.98 Å². The van der Waals surface area contributed by atoms with Crippen LogP contribution in [0.1, 0.15) is 17.2 Å². The van der Waals surface area contributed by atoms with Gasteiger partial charge in [0.05, 0.1) is 14.2 Å². The molecule has 0 amide bonds. The Bertz CT molecular complexity index is 366. The quantitative estimate of drug-likeness (QED) is 0.738. The standard InChI is InChI=1S/C10H14N2O3/c1-6-4-7(5-12-9(6)14-2)8(11)10(13)15-3/h4-5,8H,11H2,1-3H3. The maximum Gasteiger partial charge on any atom is 0.327 e. The SMILES string of the molecule is COC(=O)C(N)c1cnc(OC)c(C)c1. The molecule has 0 saturated heterocycles. The molecule has 1 aromatic rings. The fourth-order valence-corrected chi connectivity index (χ4v) is 1.23. The van der Waals surface area contributed by atoms with Gasteiger partial charge in [0, 0.05) is 11.8 Å². The second-order valence-corrected chi connectivity index (χ2v) is 3.10. The average Bonchev–Trinajstić information content (AvgIpc) is 2.26. The Morgan fingerprint density at radius 3 is 2.67 bits per heavy atom. The van der Waals surface area contributed by atoms with Crippen molar-refractivity contribution in [2.45, 2.75) is 13.0 Å². The molecule has 1 unspecified atom stereocenters. The van der Waals surface area contributed by atoms with Crippen molar-refractivity contribution in [3.63, 3.8) is 0 Å². The number of nitrogens with two attached hydrogens (primary N) is 1. The summed E-state index contributed by atoms with van der Waals surface area (Å²) in [7, 11) is 2.83. The molecule has 82 valence electrons. The highest BCUT2D eigenvalue weighted by atomic mass is 16.5. The molecule has 15 heavy (non-hydrogen) atoms. The molecule has 1 rings (SSSR count). The lowest BCUT2D eigenvalue weighted by atomic mass is 10.1. The molecular formula is C10H14N2O3. The molecule has 5 nitrogen and oxygen atoms in total. The topological polar surface area (TPSA) is 74.4 Å². The molecule has 0 aromatic carbocycles. The van der Waals surface area contributed by atoms with Crippen molar-refractivity contribution in [3.8, 4) is 5.88 Å². The summed E-state index contributed by atoms with van der Waals surface area (Å²) in [6, 6.07) is 0.958. The van der Waals surface area contributed by atoms with Crippen LogP contribution in [0, 0.1) is 6.92 Å². The van der Waals surface area contributed by atoms with Gasteiger partial charge in [0.25, 0.3) is 0 Å². The molecule has 0 aliphatic rings. The monoisotopic (exact) mass is 210 g/mol. The van der Waals surface area contributed by atoms with Crippen LogP contribution in [0.3, 0.4) is 0 Å². The Balaban J connectivity index is 2.97. The third-order valence-corrected chi connectivity index (χ3v) is 2.06. The number of methoxy groups -OCH3 is 2. The zero-order chi connectivity index (χ0) is 11.4. The van der Waals surface area contributed by atoms with Gasteiger partial charge in [0.15, 0.2) is 0 Å². The number of aryl methyl sites for hydroxylation is 1. The van der Waals surface area contributed by atoms with Gasteiger partial charge in [0.2, 0.25) is 5.88 Å². The second-order valence-electron chi connectivity index (χ2n) is 3.10. The first kappa shape index (κ1) is 11.5. The lowest BCUT2D eigenvalue weighted by Gasteiger charge is -2.11. The highest BCUT2D eigenvalue weighted by Crippen LogP contribution is 2.18. The molecule has 0 bridgehead atoms. The van der Waals surface area contributed by atoms with E-state index in [9.17, 15) is 4.79 Å². The molecule has 0 fully saturated rings. The highest BCUT2D eigenvalue weighted by Gasteiger charge is 2.17. The van der Waals surface area contributed by atoms with Gasteiger partial charge < -0.3 is 15.2 Å². The van der Waals surface area contributed by atoms with Crippen molar-refractivity contribution >= 4 is 5.97 Å². The van der Waals surface area contributed by atoms with E-state index < -0.39 is 12.0 Å². The molecule has 1 heterocycles. The third kappa shape index (κ3) is 2.44. The van der Waals surface area contributed by atoms with Crippen molar-refractivity contribution in [2.24, 2.45) is 5.73 Å². The number of esters is 1. The number of pyridine rings is 1. The number of nitrogens with zero attached hydrogens (tertiary/aromatic N) is 1. The second kappa shape index (κ2) is 4.75. The van der Waals surface area contributed by atoms with Crippen molar-refractivity contribution in [1.82, 2.24) is 4.98 Å². The van der Waals surface area contributed by atoms with Crippen molar-refractivity contribution in [3.05, 3.63) is 23.4 Å². The number of hydrogen-bond donors (Lipinski definition) is 1. The summed E-state index contributed by atoms with van der Waals surface area (Å²) in [5.74, 6) is 0.0391. The van der Waals surface area contributed by atoms with Crippen LogP contribution in [0.5, 0.6) is 5.88 Å². The third-order valence-electron chi connectivity index (χ3n) is 2.06. The predicted octanol–water partition coefficient (Wildman–Crippen LogP) is 0.571. The molecular weight excluding hydrogens is 196 g/mol. The molecule has 1 aromatic heterocycles. The van der Waals surface area contributed by atoms with E-state index in [4.69, 9.17) is 10.5 Å². The summed E-state index contributed by atoms with van der Waals surface area (Å²) in [6.07, 6.45) is 1.51. The zero-order valence-corrected chi connectivity index (χ0v) is 8.98. The Labute approximate surface area is 88.2 Å². The largest absolute Gasteiger partial charge is 0.481 e. The summed E-state index contributed by atoms with van der Waals surface area (Å²) in [5.41, 5.74) is 7.09. The summed E-state index contributed by atoms with van der Waals surface area (Å²) in [5, 5.41) is 0. The lowest BCUT2D eigenvalue weighted by molar-refractivity contribution is -0.142. The van der Waals surface area contributed by atoms with E-state index in [1.165, 1.54) is 20.4 Å². The Morgan fingerprint density at radius 2 is 2.20 bits per heavy atom. The van der Waals surface area contributed by atoms with E-state index >= 15 is 0 Å². The molecule has 0 aliphatic carbocycles. The maximum atomic E-state index is 11.2. The Morgan fingerprint density at radius 1 is 1.53 bits per heavy atom. The average molecular weight is 210 g/mol. The summed E-state index contributed by atoms with van der Waals surface area (Å²) in [4.78, 5) is 15.2. The van der Waals surface area contributed by atoms with Crippen LogP contribution in [-0.4, -0.2) is 25.2 Å². The van der Waals surface area contributed by atoms with E-state index in [-0.39, 0.29) is 0 Å². The molecule has 0 saturated carbocycles. The smallest absolute Gasteiger partial charge is 0.327 e.